The number of carbonyl (C=O) groups is 1. The minimum atomic E-state index is -0.760. The van der Waals surface area contributed by atoms with E-state index in [1.165, 1.54) is 17.7 Å². The molecule has 0 unspecified atom stereocenters. The van der Waals surface area contributed by atoms with Gasteiger partial charge in [0.2, 0.25) is 0 Å². The van der Waals surface area contributed by atoms with E-state index in [1.54, 1.807) is 31.3 Å². The number of ether oxygens (including phenoxy) is 2. The number of benzene rings is 2. The van der Waals surface area contributed by atoms with Gasteiger partial charge < -0.3 is 14.8 Å². The second-order valence-electron chi connectivity index (χ2n) is 7.73. The Labute approximate surface area is 191 Å². The Hall–Kier alpha value is -3.62. The zero-order valence-corrected chi connectivity index (χ0v) is 19.5. The number of hydrogen-bond donors (Lipinski definition) is 1. The molecule has 8 nitrogen and oxygen atoms in total. The summed E-state index contributed by atoms with van der Waals surface area (Å²) in [5, 5.41) is 6.98. The first-order valence-corrected chi connectivity index (χ1v) is 10.9. The minimum Gasteiger partial charge on any atom is -0.497 e. The van der Waals surface area contributed by atoms with Gasteiger partial charge in [0.05, 0.1) is 18.8 Å². The Bertz CT molecular complexity index is 1200. The van der Waals surface area contributed by atoms with E-state index in [4.69, 9.17) is 9.47 Å². The number of hydrogen-bond acceptors (Lipinski definition) is 5. The topological polar surface area (TPSA) is 87.4 Å². The van der Waals surface area contributed by atoms with E-state index in [0.717, 1.165) is 23.6 Å². The van der Waals surface area contributed by atoms with Crippen molar-refractivity contribution < 1.29 is 18.7 Å². The summed E-state index contributed by atoms with van der Waals surface area (Å²) < 4.78 is 28.7. The minimum absolute atomic E-state index is 0.0155. The van der Waals surface area contributed by atoms with Gasteiger partial charge in [0.25, 0.3) is 5.91 Å². The van der Waals surface area contributed by atoms with E-state index < -0.39 is 17.4 Å². The van der Waals surface area contributed by atoms with Crippen LogP contribution in [0.4, 0.5) is 10.1 Å². The van der Waals surface area contributed by atoms with Crippen LogP contribution in [0, 0.1) is 5.82 Å². The third kappa shape index (κ3) is 5.24. The van der Waals surface area contributed by atoms with E-state index in [2.05, 4.69) is 10.4 Å². The number of aryl methyl sites for hydroxylation is 1. The number of aromatic nitrogens is 3. The first kappa shape index (κ1) is 24.0. The number of halogens is 1. The molecular weight excluding hydrogens is 427 g/mol. The zero-order chi connectivity index (χ0) is 24.1. The van der Waals surface area contributed by atoms with Crippen molar-refractivity contribution in [1.82, 2.24) is 14.3 Å². The maximum absolute atomic E-state index is 15.2. The molecule has 1 atom stereocenters. The summed E-state index contributed by atoms with van der Waals surface area (Å²) in [6.07, 6.45) is 1.91. The van der Waals surface area contributed by atoms with Crippen LogP contribution in [0.2, 0.25) is 0 Å². The van der Waals surface area contributed by atoms with Crippen LogP contribution in [-0.2, 0) is 13.5 Å². The third-order valence-electron chi connectivity index (χ3n) is 5.26. The first-order valence-electron chi connectivity index (χ1n) is 10.9. The standard InChI is InChI=1S/C24H29FN4O4/c1-6-9-15(3)33-21-14-20(29-24(31)28(4)22(7-2)27-29)19(25)13-18(21)23(30)26-16-10-8-11-17(12-16)32-5/h8,10-15H,6-7,9H2,1-5H3,(H,26,30)/t15-/m0/s1. The number of amides is 1. The summed E-state index contributed by atoms with van der Waals surface area (Å²) in [5.41, 5.74) is -0.0505. The van der Waals surface area contributed by atoms with Gasteiger partial charge in [-0.15, -0.1) is 5.10 Å². The fourth-order valence-corrected chi connectivity index (χ4v) is 3.50. The predicted octanol–water partition coefficient (Wildman–Crippen LogP) is 4.10. The average molecular weight is 457 g/mol. The van der Waals surface area contributed by atoms with E-state index in [1.807, 2.05) is 20.8 Å². The lowest BCUT2D eigenvalue weighted by molar-refractivity contribution is 0.101. The summed E-state index contributed by atoms with van der Waals surface area (Å²) in [4.78, 5) is 25.7. The van der Waals surface area contributed by atoms with Crippen molar-refractivity contribution in [3.8, 4) is 17.2 Å². The molecule has 0 saturated carbocycles. The van der Waals surface area contributed by atoms with Crippen LogP contribution in [0.1, 0.15) is 49.8 Å². The molecule has 0 aliphatic carbocycles. The van der Waals surface area contributed by atoms with Crippen LogP contribution in [0.15, 0.2) is 41.2 Å². The first-order chi connectivity index (χ1) is 15.8. The smallest absolute Gasteiger partial charge is 0.350 e. The Kier molecular flexibility index (Phi) is 7.52. The van der Waals surface area contributed by atoms with Gasteiger partial charge in [-0.1, -0.05) is 26.3 Å². The molecule has 9 heteroatoms. The molecule has 2 aromatic carbocycles. The van der Waals surface area contributed by atoms with Gasteiger partial charge in [-0.3, -0.25) is 9.36 Å². The summed E-state index contributed by atoms with van der Waals surface area (Å²) in [6.45, 7) is 5.75. The summed E-state index contributed by atoms with van der Waals surface area (Å²) in [5.74, 6) is -0.0489. The summed E-state index contributed by atoms with van der Waals surface area (Å²) in [6, 6.07) is 9.27. The summed E-state index contributed by atoms with van der Waals surface area (Å²) >= 11 is 0. The lowest BCUT2D eigenvalue weighted by Gasteiger charge is -2.18. The normalized spacial score (nSPS) is 11.8. The zero-order valence-electron chi connectivity index (χ0n) is 19.5. The van der Waals surface area contributed by atoms with E-state index in [9.17, 15) is 9.59 Å². The van der Waals surface area contributed by atoms with Gasteiger partial charge in [0, 0.05) is 31.3 Å². The van der Waals surface area contributed by atoms with Crippen molar-refractivity contribution in [2.45, 2.75) is 46.1 Å². The molecule has 0 aliphatic rings. The fraction of sp³-hybridized carbons (Fsp3) is 0.375. The van der Waals surface area contributed by atoms with Crippen molar-refractivity contribution in [2.24, 2.45) is 7.05 Å². The molecule has 1 N–H and O–H groups in total. The lowest BCUT2D eigenvalue weighted by Crippen LogP contribution is -2.24. The number of nitrogens with one attached hydrogen (secondary N) is 1. The van der Waals surface area contributed by atoms with Crippen LogP contribution >= 0.6 is 0 Å². The van der Waals surface area contributed by atoms with Gasteiger partial charge in [-0.2, -0.15) is 4.68 Å². The second kappa shape index (κ2) is 10.3. The van der Waals surface area contributed by atoms with Crippen molar-refractivity contribution in [3.05, 3.63) is 64.1 Å². The van der Waals surface area contributed by atoms with Gasteiger partial charge >= 0.3 is 5.69 Å². The van der Waals surface area contributed by atoms with Crippen molar-refractivity contribution >= 4 is 11.6 Å². The lowest BCUT2D eigenvalue weighted by atomic mass is 10.1. The third-order valence-corrected chi connectivity index (χ3v) is 5.26. The Morgan fingerprint density at radius 2 is 2.00 bits per heavy atom. The van der Waals surface area contributed by atoms with Crippen LogP contribution in [-0.4, -0.2) is 33.5 Å². The highest BCUT2D eigenvalue weighted by Gasteiger charge is 2.22. The summed E-state index contributed by atoms with van der Waals surface area (Å²) in [7, 11) is 3.11. The molecule has 0 aliphatic heterocycles. The van der Waals surface area contributed by atoms with E-state index in [-0.39, 0.29) is 23.1 Å². The van der Waals surface area contributed by atoms with Crippen LogP contribution in [0.3, 0.4) is 0 Å². The molecule has 33 heavy (non-hydrogen) atoms. The number of carbonyl (C=O) groups excluding carboxylic acids is 1. The predicted molar refractivity (Wildman–Crippen MR) is 124 cm³/mol. The molecule has 0 saturated heterocycles. The molecule has 0 spiro atoms. The average Bonchev–Trinajstić information content (AvgIpc) is 3.08. The van der Waals surface area contributed by atoms with Crippen LogP contribution in [0.25, 0.3) is 5.69 Å². The highest BCUT2D eigenvalue weighted by atomic mass is 19.1. The molecule has 176 valence electrons. The number of nitrogens with zero attached hydrogens (tertiary/aromatic N) is 3. The van der Waals surface area contributed by atoms with E-state index in [0.29, 0.717) is 23.7 Å². The van der Waals surface area contributed by atoms with E-state index >= 15 is 4.39 Å². The molecule has 1 aromatic heterocycles. The highest BCUT2D eigenvalue weighted by Crippen LogP contribution is 2.28. The fourth-order valence-electron chi connectivity index (χ4n) is 3.50. The highest BCUT2D eigenvalue weighted by molar-refractivity contribution is 6.06. The number of methoxy groups -OCH3 is 1. The molecular formula is C24H29FN4O4. The Morgan fingerprint density at radius 1 is 1.24 bits per heavy atom. The van der Waals surface area contributed by atoms with Gasteiger partial charge in [0.1, 0.15) is 28.8 Å². The molecule has 0 radical (unpaired) electrons. The second-order valence-corrected chi connectivity index (χ2v) is 7.73. The molecule has 1 heterocycles. The van der Waals surface area contributed by atoms with Gasteiger partial charge in [-0.25, -0.2) is 9.18 Å². The van der Waals surface area contributed by atoms with Crippen LogP contribution in [0.5, 0.6) is 11.5 Å². The maximum atomic E-state index is 15.2. The Morgan fingerprint density at radius 3 is 2.64 bits per heavy atom. The molecule has 3 rings (SSSR count). The maximum Gasteiger partial charge on any atom is 0.350 e. The van der Waals surface area contributed by atoms with Crippen LogP contribution < -0.4 is 20.5 Å². The quantitative estimate of drug-likeness (QED) is 0.524. The van der Waals surface area contributed by atoms with Crippen molar-refractivity contribution in [1.29, 1.82) is 0 Å². The SMILES string of the molecule is CCC[C@H](C)Oc1cc(-n2nc(CC)n(C)c2=O)c(F)cc1C(=O)Nc1cccc(OC)c1. The van der Waals surface area contributed by atoms with Crippen molar-refractivity contribution in [3.63, 3.8) is 0 Å². The monoisotopic (exact) mass is 456 g/mol. The van der Waals surface area contributed by atoms with Crippen molar-refractivity contribution in [2.75, 3.05) is 12.4 Å². The number of anilines is 1. The molecule has 0 fully saturated rings. The molecule has 3 aromatic rings. The van der Waals surface area contributed by atoms with Gasteiger partial charge in [-0.05, 0) is 31.5 Å². The molecule has 1 amide bonds. The number of rotatable bonds is 9. The Balaban J connectivity index is 2.06. The molecule has 0 bridgehead atoms. The largest absolute Gasteiger partial charge is 0.497 e. The van der Waals surface area contributed by atoms with Gasteiger partial charge in [0.15, 0.2) is 0 Å².